The lowest BCUT2D eigenvalue weighted by Gasteiger charge is -2.00. The molecule has 0 radical (unpaired) electrons. The highest BCUT2D eigenvalue weighted by Crippen LogP contribution is 2.29. The van der Waals surface area contributed by atoms with Crippen molar-refractivity contribution in [3.8, 4) is 11.5 Å². The topological polar surface area (TPSA) is 89.1 Å². The van der Waals surface area contributed by atoms with Crippen LogP contribution < -0.4 is 14.8 Å². The average Bonchev–Trinajstić information content (AvgIpc) is 3.28. The fourth-order valence-electron chi connectivity index (χ4n) is 2.66. The van der Waals surface area contributed by atoms with Crippen molar-refractivity contribution in [3.05, 3.63) is 36.4 Å². The molecule has 0 saturated heterocycles. The van der Waals surface area contributed by atoms with Crippen LogP contribution in [0.1, 0.15) is 6.92 Å². The number of thioether (sulfide) groups is 1. The molecular weight excluding hydrogens is 396 g/mol. The number of hydrogen-bond donors (Lipinski definition) is 2. The third-order valence-electron chi connectivity index (χ3n) is 3.92. The summed E-state index contributed by atoms with van der Waals surface area (Å²) < 4.78 is 11.7. The Labute approximate surface area is 169 Å². The van der Waals surface area contributed by atoms with Gasteiger partial charge < -0.3 is 19.8 Å². The monoisotopic (exact) mass is 414 g/mol. The second kappa shape index (κ2) is 8.07. The molecule has 0 unspecified atom stereocenters. The first-order valence-corrected chi connectivity index (χ1v) is 10.4. The summed E-state index contributed by atoms with van der Waals surface area (Å²) in [5.41, 5.74) is 2.54. The van der Waals surface area contributed by atoms with Gasteiger partial charge in [0.1, 0.15) is 11.5 Å². The molecule has 144 valence electrons. The third-order valence-corrected chi connectivity index (χ3v) is 5.73. The molecule has 9 heteroatoms. The molecule has 0 saturated carbocycles. The second-order valence-electron chi connectivity index (χ2n) is 5.84. The van der Waals surface area contributed by atoms with Crippen LogP contribution in [0.3, 0.4) is 0 Å². The maximum absolute atomic E-state index is 12.3. The average molecular weight is 415 g/mol. The van der Waals surface area contributed by atoms with Crippen LogP contribution in [0.25, 0.3) is 21.3 Å². The lowest BCUT2D eigenvalue weighted by molar-refractivity contribution is -0.113. The molecule has 0 aliphatic rings. The Bertz CT molecular complexity index is 1140. The van der Waals surface area contributed by atoms with Gasteiger partial charge >= 0.3 is 0 Å². The summed E-state index contributed by atoms with van der Waals surface area (Å²) in [5, 5.41) is 4.11. The molecule has 0 bridgehead atoms. The number of benzene rings is 2. The molecule has 0 atom stereocenters. The molecule has 0 aliphatic carbocycles. The van der Waals surface area contributed by atoms with Gasteiger partial charge in [-0.15, -0.1) is 0 Å². The maximum atomic E-state index is 12.3. The molecule has 1 amide bonds. The summed E-state index contributed by atoms with van der Waals surface area (Å²) in [6.45, 7) is 2.55. The number of hydrogen-bond acceptors (Lipinski definition) is 7. The van der Waals surface area contributed by atoms with Gasteiger partial charge in [-0.3, -0.25) is 4.79 Å². The zero-order valence-electron chi connectivity index (χ0n) is 15.3. The Hall–Kier alpha value is -2.78. The van der Waals surface area contributed by atoms with Crippen LogP contribution in [-0.4, -0.2) is 40.3 Å². The summed E-state index contributed by atoms with van der Waals surface area (Å²) in [7, 11) is 1.62. The van der Waals surface area contributed by atoms with E-state index in [-0.39, 0.29) is 11.7 Å². The standard InChI is InChI=1S/C19H18N4O3S2/c1-3-26-12-5-7-14-16(9-12)28-19(21-14)23-17(24)10-27-18-20-13-6-4-11(25-2)8-15(13)22-18/h4-9H,3,10H2,1-2H3,(H,20,22)(H,21,23,24). The SMILES string of the molecule is CCOc1ccc2nc(NC(=O)CSc3nc4ccc(OC)cc4[nH]3)sc2c1. The number of aromatic nitrogens is 3. The Morgan fingerprint density at radius 3 is 2.82 bits per heavy atom. The number of aromatic amines is 1. The lowest BCUT2D eigenvalue weighted by Crippen LogP contribution is -2.13. The number of amides is 1. The first-order valence-electron chi connectivity index (χ1n) is 8.64. The minimum absolute atomic E-state index is 0.132. The van der Waals surface area contributed by atoms with Gasteiger partial charge in [-0.2, -0.15) is 0 Å². The van der Waals surface area contributed by atoms with E-state index in [2.05, 4.69) is 20.3 Å². The summed E-state index contributed by atoms with van der Waals surface area (Å²) in [6.07, 6.45) is 0. The highest BCUT2D eigenvalue weighted by Gasteiger charge is 2.11. The number of nitrogens with zero attached hydrogens (tertiary/aromatic N) is 2. The van der Waals surface area contributed by atoms with E-state index in [1.54, 1.807) is 7.11 Å². The molecule has 0 fully saturated rings. The van der Waals surface area contributed by atoms with E-state index in [1.807, 2.05) is 43.3 Å². The molecule has 2 heterocycles. The zero-order chi connectivity index (χ0) is 19.5. The number of nitrogens with one attached hydrogen (secondary N) is 2. The van der Waals surface area contributed by atoms with Gasteiger partial charge in [-0.25, -0.2) is 9.97 Å². The van der Waals surface area contributed by atoms with E-state index >= 15 is 0 Å². The fourth-order valence-corrected chi connectivity index (χ4v) is 4.26. The quantitative estimate of drug-likeness (QED) is 0.438. The number of methoxy groups -OCH3 is 1. The highest BCUT2D eigenvalue weighted by molar-refractivity contribution is 7.99. The molecule has 0 aliphatic heterocycles. The van der Waals surface area contributed by atoms with Crippen LogP contribution in [-0.2, 0) is 4.79 Å². The Kier molecular flexibility index (Phi) is 5.36. The first kappa shape index (κ1) is 18.6. The molecule has 2 N–H and O–H groups in total. The van der Waals surface area contributed by atoms with E-state index in [1.165, 1.54) is 23.1 Å². The number of thiazole rings is 1. The maximum Gasteiger partial charge on any atom is 0.236 e. The molecule has 2 aromatic carbocycles. The van der Waals surface area contributed by atoms with E-state index in [0.29, 0.717) is 16.9 Å². The number of rotatable bonds is 7. The van der Waals surface area contributed by atoms with Gasteiger partial charge in [-0.1, -0.05) is 23.1 Å². The minimum Gasteiger partial charge on any atom is -0.497 e. The molecular formula is C19H18N4O3S2. The van der Waals surface area contributed by atoms with Gasteiger partial charge in [0.2, 0.25) is 5.91 Å². The third kappa shape index (κ3) is 4.05. The van der Waals surface area contributed by atoms with E-state index in [0.717, 1.165) is 32.7 Å². The summed E-state index contributed by atoms with van der Waals surface area (Å²) in [4.78, 5) is 24.4. The second-order valence-corrected chi connectivity index (χ2v) is 7.84. The van der Waals surface area contributed by atoms with Crippen molar-refractivity contribution in [1.29, 1.82) is 0 Å². The Morgan fingerprint density at radius 2 is 2.00 bits per heavy atom. The molecule has 7 nitrogen and oxygen atoms in total. The highest BCUT2D eigenvalue weighted by atomic mass is 32.2. The summed E-state index contributed by atoms with van der Waals surface area (Å²) in [5.74, 6) is 1.66. The number of ether oxygens (including phenoxy) is 2. The van der Waals surface area contributed by atoms with Gasteiger partial charge in [0.25, 0.3) is 0 Å². The molecule has 4 aromatic rings. The largest absolute Gasteiger partial charge is 0.497 e. The fraction of sp³-hybridized carbons (Fsp3) is 0.211. The summed E-state index contributed by atoms with van der Waals surface area (Å²) in [6, 6.07) is 11.3. The smallest absolute Gasteiger partial charge is 0.236 e. The van der Waals surface area contributed by atoms with Crippen LogP contribution in [0.2, 0.25) is 0 Å². The van der Waals surface area contributed by atoms with Crippen LogP contribution in [0, 0.1) is 0 Å². The van der Waals surface area contributed by atoms with Gasteiger partial charge in [0.05, 0.1) is 40.7 Å². The zero-order valence-corrected chi connectivity index (χ0v) is 16.9. The van der Waals surface area contributed by atoms with Crippen LogP contribution in [0.15, 0.2) is 41.6 Å². The van der Waals surface area contributed by atoms with Crippen molar-refractivity contribution in [2.45, 2.75) is 12.1 Å². The van der Waals surface area contributed by atoms with Crippen molar-refractivity contribution in [2.75, 3.05) is 24.8 Å². The van der Waals surface area contributed by atoms with Crippen molar-refractivity contribution in [3.63, 3.8) is 0 Å². The Balaban J connectivity index is 1.39. The first-order chi connectivity index (χ1) is 13.6. The van der Waals surface area contributed by atoms with Crippen LogP contribution in [0.5, 0.6) is 11.5 Å². The molecule has 28 heavy (non-hydrogen) atoms. The van der Waals surface area contributed by atoms with Crippen molar-refractivity contribution < 1.29 is 14.3 Å². The van der Waals surface area contributed by atoms with Gasteiger partial charge in [0.15, 0.2) is 10.3 Å². The van der Waals surface area contributed by atoms with Crippen molar-refractivity contribution >= 4 is 55.4 Å². The normalized spacial score (nSPS) is 11.1. The van der Waals surface area contributed by atoms with E-state index in [4.69, 9.17) is 9.47 Å². The number of carbonyl (C=O) groups excluding carboxylic acids is 1. The number of fused-ring (bicyclic) bond motifs is 2. The number of H-pyrrole nitrogens is 1. The van der Waals surface area contributed by atoms with E-state index < -0.39 is 0 Å². The van der Waals surface area contributed by atoms with Crippen LogP contribution in [0.4, 0.5) is 5.13 Å². The lowest BCUT2D eigenvalue weighted by atomic mass is 10.3. The predicted molar refractivity (Wildman–Crippen MR) is 113 cm³/mol. The summed E-state index contributed by atoms with van der Waals surface area (Å²) >= 11 is 2.77. The van der Waals surface area contributed by atoms with E-state index in [9.17, 15) is 4.79 Å². The number of imidazole rings is 1. The minimum atomic E-state index is -0.132. The van der Waals surface area contributed by atoms with Crippen LogP contribution >= 0.6 is 23.1 Å². The molecule has 2 aromatic heterocycles. The Morgan fingerprint density at radius 1 is 1.18 bits per heavy atom. The van der Waals surface area contributed by atoms with Gasteiger partial charge in [0, 0.05) is 6.07 Å². The van der Waals surface area contributed by atoms with Crippen molar-refractivity contribution in [2.24, 2.45) is 0 Å². The predicted octanol–water partition coefficient (Wildman–Crippen LogP) is 4.31. The van der Waals surface area contributed by atoms with Crippen molar-refractivity contribution in [1.82, 2.24) is 15.0 Å². The number of carbonyl (C=O) groups is 1. The molecule has 4 rings (SSSR count). The molecule has 0 spiro atoms. The van der Waals surface area contributed by atoms with Gasteiger partial charge in [-0.05, 0) is 37.3 Å². The number of anilines is 1.